The lowest BCUT2D eigenvalue weighted by molar-refractivity contribution is 0.290. The summed E-state index contributed by atoms with van der Waals surface area (Å²) in [4.78, 5) is 29.6. The van der Waals surface area contributed by atoms with Gasteiger partial charge in [0.15, 0.2) is 0 Å². The van der Waals surface area contributed by atoms with Gasteiger partial charge >= 0.3 is 0 Å². The molecule has 4 aromatic rings. The molecular formula is C24H23FN6O2. The maximum absolute atomic E-state index is 13.8. The highest BCUT2D eigenvalue weighted by atomic mass is 19.1. The number of nitrogens with one attached hydrogen (secondary N) is 1. The van der Waals surface area contributed by atoms with Crippen LogP contribution in [0.3, 0.4) is 0 Å². The summed E-state index contributed by atoms with van der Waals surface area (Å²) in [5, 5.41) is 4.36. The van der Waals surface area contributed by atoms with Crippen LogP contribution in [0.15, 0.2) is 47.7 Å². The number of halogens is 1. The van der Waals surface area contributed by atoms with Crippen molar-refractivity contribution in [2.24, 2.45) is 7.05 Å². The average Bonchev–Trinajstić information content (AvgIpc) is 2.83. The molecule has 0 saturated heterocycles. The van der Waals surface area contributed by atoms with Crippen molar-refractivity contribution in [3.63, 3.8) is 0 Å². The minimum atomic E-state index is -0.296. The van der Waals surface area contributed by atoms with Gasteiger partial charge < -0.3 is 10.1 Å². The van der Waals surface area contributed by atoms with Crippen LogP contribution in [0.1, 0.15) is 24.1 Å². The highest BCUT2D eigenvalue weighted by molar-refractivity contribution is 5.93. The third-order valence-electron chi connectivity index (χ3n) is 5.80. The predicted octanol–water partition coefficient (Wildman–Crippen LogP) is 3.29. The molecule has 0 saturated carbocycles. The van der Waals surface area contributed by atoms with E-state index in [9.17, 15) is 9.18 Å². The lowest BCUT2D eigenvalue weighted by atomic mass is 9.92. The quantitative estimate of drug-likeness (QED) is 0.454. The van der Waals surface area contributed by atoms with Crippen molar-refractivity contribution in [2.75, 3.05) is 18.5 Å². The van der Waals surface area contributed by atoms with Crippen LogP contribution in [0.25, 0.3) is 22.3 Å². The standard InChI is InChI=1S/C24H23FN6O2/c1-31-22(32)13-21(19-8-9-26-14-28-19)30-24(31)33-11-10-27-23-16-4-2-3-5-18(16)29-20-12-15(25)6-7-17(20)23/h6-9,12-14H,2-5,10-11H2,1H3,(H,27,29). The molecule has 0 radical (unpaired) electrons. The van der Waals surface area contributed by atoms with Gasteiger partial charge in [-0.3, -0.25) is 14.3 Å². The van der Waals surface area contributed by atoms with E-state index in [0.29, 0.717) is 23.4 Å². The molecular weight excluding hydrogens is 423 g/mol. The van der Waals surface area contributed by atoms with E-state index in [0.717, 1.165) is 42.5 Å². The summed E-state index contributed by atoms with van der Waals surface area (Å²) in [6, 6.07) is 8.02. The van der Waals surface area contributed by atoms with Crippen molar-refractivity contribution in [1.29, 1.82) is 0 Å². The number of rotatable bonds is 6. The second kappa shape index (κ2) is 8.93. The van der Waals surface area contributed by atoms with Crippen LogP contribution in [0.5, 0.6) is 6.01 Å². The summed E-state index contributed by atoms with van der Waals surface area (Å²) < 4.78 is 21.0. The molecule has 5 rings (SSSR count). The largest absolute Gasteiger partial charge is 0.463 e. The van der Waals surface area contributed by atoms with Crippen molar-refractivity contribution >= 4 is 16.6 Å². The average molecular weight is 446 g/mol. The Bertz CT molecular complexity index is 1370. The molecule has 0 aliphatic heterocycles. The van der Waals surface area contributed by atoms with E-state index in [1.54, 1.807) is 25.4 Å². The monoisotopic (exact) mass is 446 g/mol. The Kier molecular flexibility index (Phi) is 5.68. The minimum absolute atomic E-state index is 0.210. The number of ether oxygens (including phenoxy) is 1. The molecule has 3 heterocycles. The summed E-state index contributed by atoms with van der Waals surface area (Å²) in [7, 11) is 1.61. The third-order valence-corrected chi connectivity index (χ3v) is 5.80. The highest BCUT2D eigenvalue weighted by Gasteiger charge is 2.18. The lowest BCUT2D eigenvalue weighted by Gasteiger charge is -2.22. The molecule has 1 N–H and O–H groups in total. The van der Waals surface area contributed by atoms with Gasteiger partial charge in [0.2, 0.25) is 0 Å². The summed E-state index contributed by atoms with van der Waals surface area (Å²) in [6.07, 6.45) is 7.03. The van der Waals surface area contributed by atoms with Gasteiger partial charge in [-0.1, -0.05) is 0 Å². The molecule has 9 heteroatoms. The smallest absolute Gasteiger partial charge is 0.299 e. The Morgan fingerprint density at radius 3 is 2.85 bits per heavy atom. The number of pyridine rings is 1. The van der Waals surface area contributed by atoms with E-state index in [1.165, 1.54) is 34.7 Å². The van der Waals surface area contributed by atoms with Crippen LogP contribution in [0.2, 0.25) is 0 Å². The number of nitrogens with zero attached hydrogens (tertiary/aromatic N) is 5. The van der Waals surface area contributed by atoms with Gasteiger partial charge in [0.1, 0.15) is 18.8 Å². The normalized spacial score (nSPS) is 13.0. The molecule has 33 heavy (non-hydrogen) atoms. The molecule has 8 nitrogen and oxygen atoms in total. The Morgan fingerprint density at radius 2 is 2.00 bits per heavy atom. The Hall–Kier alpha value is -3.88. The fourth-order valence-corrected chi connectivity index (χ4v) is 4.14. The second-order valence-corrected chi connectivity index (χ2v) is 7.97. The van der Waals surface area contributed by atoms with Crippen LogP contribution in [0, 0.1) is 5.82 Å². The van der Waals surface area contributed by atoms with Gasteiger partial charge in [-0.15, -0.1) is 0 Å². The molecule has 1 aromatic carbocycles. The number of aromatic nitrogens is 5. The van der Waals surface area contributed by atoms with Gasteiger partial charge in [0.25, 0.3) is 11.6 Å². The molecule has 3 aromatic heterocycles. The Labute approximate surface area is 189 Å². The summed E-state index contributed by atoms with van der Waals surface area (Å²) in [6.45, 7) is 0.768. The number of hydrogen-bond acceptors (Lipinski definition) is 7. The van der Waals surface area contributed by atoms with Crippen molar-refractivity contribution in [3.8, 4) is 17.4 Å². The molecule has 0 spiro atoms. The van der Waals surface area contributed by atoms with Crippen LogP contribution in [-0.2, 0) is 19.9 Å². The van der Waals surface area contributed by atoms with E-state index < -0.39 is 0 Å². The number of aryl methyl sites for hydroxylation is 1. The Morgan fingerprint density at radius 1 is 1.12 bits per heavy atom. The third kappa shape index (κ3) is 4.26. The first kappa shape index (κ1) is 21.0. The zero-order chi connectivity index (χ0) is 22.8. The van der Waals surface area contributed by atoms with Crippen molar-refractivity contribution in [2.45, 2.75) is 25.7 Å². The van der Waals surface area contributed by atoms with E-state index in [2.05, 4.69) is 20.3 Å². The van der Waals surface area contributed by atoms with Crippen molar-refractivity contribution < 1.29 is 9.13 Å². The molecule has 1 aliphatic carbocycles. The topological polar surface area (TPSA) is 94.8 Å². The minimum Gasteiger partial charge on any atom is -0.463 e. The SMILES string of the molecule is Cn1c(OCCNc2c3c(nc4cc(F)ccc24)CCCC3)nc(-c2ccncn2)cc1=O. The van der Waals surface area contributed by atoms with Crippen LogP contribution < -0.4 is 15.6 Å². The van der Waals surface area contributed by atoms with Gasteiger partial charge in [-0.2, -0.15) is 4.98 Å². The molecule has 0 bridgehead atoms. The number of anilines is 1. The fraction of sp³-hybridized carbons (Fsp3) is 0.292. The van der Waals surface area contributed by atoms with Crippen LogP contribution in [-0.4, -0.2) is 37.7 Å². The maximum atomic E-state index is 13.8. The van der Waals surface area contributed by atoms with E-state index in [-0.39, 0.29) is 24.0 Å². The first-order valence-corrected chi connectivity index (χ1v) is 10.9. The zero-order valence-corrected chi connectivity index (χ0v) is 18.2. The first-order chi connectivity index (χ1) is 16.1. The highest BCUT2D eigenvalue weighted by Crippen LogP contribution is 2.33. The molecule has 0 atom stereocenters. The molecule has 0 amide bonds. The van der Waals surface area contributed by atoms with Crippen molar-refractivity contribution in [1.82, 2.24) is 24.5 Å². The molecule has 0 fully saturated rings. The number of fused-ring (bicyclic) bond motifs is 2. The second-order valence-electron chi connectivity index (χ2n) is 7.97. The summed E-state index contributed by atoms with van der Waals surface area (Å²) in [5.74, 6) is -0.296. The lowest BCUT2D eigenvalue weighted by Crippen LogP contribution is -2.22. The van der Waals surface area contributed by atoms with E-state index in [1.807, 2.05) is 0 Å². The molecule has 1 aliphatic rings. The van der Waals surface area contributed by atoms with Crippen LogP contribution in [0.4, 0.5) is 10.1 Å². The maximum Gasteiger partial charge on any atom is 0.299 e. The Balaban J connectivity index is 1.36. The summed E-state index contributed by atoms with van der Waals surface area (Å²) >= 11 is 0. The fourth-order valence-electron chi connectivity index (χ4n) is 4.14. The number of hydrogen-bond donors (Lipinski definition) is 1. The zero-order valence-electron chi connectivity index (χ0n) is 18.2. The van der Waals surface area contributed by atoms with Gasteiger partial charge in [0, 0.05) is 48.7 Å². The summed E-state index contributed by atoms with van der Waals surface area (Å²) in [5.41, 5.74) is 4.60. The predicted molar refractivity (Wildman–Crippen MR) is 123 cm³/mol. The van der Waals surface area contributed by atoms with E-state index in [4.69, 9.17) is 9.72 Å². The van der Waals surface area contributed by atoms with Crippen molar-refractivity contribution in [3.05, 3.63) is 70.3 Å². The van der Waals surface area contributed by atoms with Crippen LogP contribution >= 0.6 is 0 Å². The van der Waals surface area contributed by atoms with Gasteiger partial charge in [-0.05, 0) is 49.4 Å². The molecule has 168 valence electrons. The van der Waals surface area contributed by atoms with Gasteiger partial charge in [0.05, 0.1) is 16.9 Å². The van der Waals surface area contributed by atoms with E-state index >= 15 is 0 Å². The first-order valence-electron chi connectivity index (χ1n) is 10.9. The van der Waals surface area contributed by atoms with Gasteiger partial charge in [-0.25, -0.2) is 14.4 Å². The number of benzene rings is 1. The molecule has 0 unspecified atom stereocenters.